The predicted octanol–water partition coefficient (Wildman–Crippen LogP) is 1.58. The molecule has 0 bridgehead atoms. The van der Waals surface area contributed by atoms with Crippen LogP contribution in [0, 0.1) is 0 Å². The second kappa shape index (κ2) is 17.4. The number of halogens is 2. The maximum absolute atomic E-state index is 8.00. The average Bonchev–Trinajstić information content (AvgIpc) is 1.46. The molecule has 0 atom stereocenters. The molecule has 1 nitrogen and oxygen atoms in total. The first kappa shape index (κ1) is 9.81. The van der Waals surface area contributed by atoms with E-state index >= 15 is 0 Å². The summed E-state index contributed by atoms with van der Waals surface area (Å²) in [5, 5.41) is 0. The number of carbonyl (C=O) groups is 1. The van der Waals surface area contributed by atoms with Crippen LogP contribution in [0.5, 0.6) is 0 Å². The Morgan fingerprint density at radius 3 is 1.40 bits per heavy atom. The Bertz CT molecular complexity index is 13.6. The second-order valence-corrected chi connectivity index (χ2v) is 8.84. The van der Waals surface area contributed by atoms with Gasteiger partial charge in [-0.25, -0.2) is 0 Å². The standard InChI is InChI=1S/CH2O.Co.2HI/c1-2;;;/h1H2;;2*1H/q;+2;;/p-2. The molecule has 0 rings (SSSR count). The van der Waals surface area contributed by atoms with Gasteiger partial charge < -0.3 is 4.79 Å². The van der Waals surface area contributed by atoms with Gasteiger partial charge >= 0.3 is 49.1 Å². The van der Waals surface area contributed by atoms with Gasteiger partial charge in [0.15, 0.2) is 0 Å². The summed E-state index contributed by atoms with van der Waals surface area (Å²) in [5.41, 5.74) is 0. The molecular formula is CH2CoI2O. The number of rotatable bonds is 0. The Kier molecular flexibility index (Phi) is 34.2. The van der Waals surface area contributed by atoms with Crippen molar-refractivity contribution in [3.8, 4) is 0 Å². The molecule has 35 valence electrons. The Balaban J connectivity index is 0. The van der Waals surface area contributed by atoms with Gasteiger partial charge in [-0.1, -0.05) is 0 Å². The van der Waals surface area contributed by atoms with Gasteiger partial charge in [0.25, 0.3) is 0 Å². The SMILES string of the molecule is C=O.[I][Co][I]. The monoisotopic (exact) mass is 343 g/mol. The number of hydrogen-bond acceptors (Lipinski definition) is 1. The normalized spacial score (nSPS) is 5.20. The second-order valence-electron chi connectivity index (χ2n) is 0.0476. The van der Waals surface area contributed by atoms with Crippen molar-refractivity contribution < 1.29 is 13.1 Å². The molecule has 0 aromatic carbocycles. The Morgan fingerprint density at radius 2 is 1.40 bits per heavy atom. The summed E-state index contributed by atoms with van der Waals surface area (Å²) in [6.45, 7) is 2.00. The Hall–Kier alpha value is 1.64. The quantitative estimate of drug-likeness (QED) is 0.611. The van der Waals surface area contributed by atoms with Gasteiger partial charge in [0, 0.05) is 0 Å². The molecule has 0 radical (unpaired) electrons. The summed E-state index contributed by atoms with van der Waals surface area (Å²) in [6.07, 6.45) is 0. The van der Waals surface area contributed by atoms with Crippen molar-refractivity contribution in [2.24, 2.45) is 0 Å². The van der Waals surface area contributed by atoms with Crippen molar-refractivity contribution >= 4 is 47.6 Å². The fourth-order valence-electron chi connectivity index (χ4n) is 0. The molecule has 0 aliphatic heterocycles. The molecule has 0 N–H and O–H groups in total. The summed E-state index contributed by atoms with van der Waals surface area (Å²) < 4.78 is 0. The van der Waals surface area contributed by atoms with Crippen molar-refractivity contribution in [3.05, 3.63) is 0 Å². The van der Waals surface area contributed by atoms with Gasteiger partial charge in [0.1, 0.15) is 6.79 Å². The molecule has 0 aromatic rings. The molecule has 0 amide bonds. The first-order chi connectivity index (χ1) is 2.41. The van der Waals surface area contributed by atoms with Gasteiger partial charge in [-0.2, -0.15) is 0 Å². The number of hydrogen-bond donors (Lipinski definition) is 0. The molecular weight excluding hydrogens is 341 g/mol. The van der Waals surface area contributed by atoms with Gasteiger partial charge in [-0.3, -0.25) is 0 Å². The molecule has 0 unspecified atom stereocenters. The zero-order valence-corrected chi connectivity index (χ0v) is 7.56. The van der Waals surface area contributed by atoms with Crippen LogP contribution in [0.1, 0.15) is 0 Å². The van der Waals surface area contributed by atoms with Crippen LogP contribution in [0.4, 0.5) is 0 Å². The fourth-order valence-corrected chi connectivity index (χ4v) is 0. The third-order valence-electron chi connectivity index (χ3n) is 0. The molecule has 4 heteroatoms. The van der Waals surface area contributed by atoms with E-state index in [0.717, 1.165) is 0 Å². The van der Waals surface area contributed by atoms with E-state index in [2.05, 4.69) is 40.8 Å². The molecule has 5 heavy (non-hydrogen) atoms. The summed E-state index contributed by atoms with van der Waals surface area (Å²) in [5.74, 6) is 0. The summed E-state index contributed by atoms with van der Waals surface area (Å²) in [7, 11) is 1.38. The third kappa shape index (κ3) is 27.8. The van der Waals surface area contributed by atoms with Crippen molar-refractivity contribution in [2.45, 2.75) is 0 Å². The van der Waals surface area contributed by atoms with E-state index < -0.39 is 0 Å². The topological polar surface area (TPSA) is 17.1 Å². The zero-order valence-electron chi connectivity index (χ0n) is 2.20. The van der Waals surface area contributed by atoms with Crippen molar-refractivity contribution in [2.75, 3.05) is 0 Å². The van der Waals surface area contributed by atoms with Crippen LogP contribution < -0.4 is 0 Å². The molecule has 0 aliphatic carbocycles. The Labute approximate surface area is 59.9 Å². The van der Waals surface area contributed by atoms with Crippen LogP contribution in [-0.2, 0) is 13.1 Å². The van der Waals surface area contributed by atoms with Gasteiger partial charge in [0.2, 0.25) is 0 Å². The minimum absolute atomic E-state index is 1.38. The van der Waals surface area contributed by atoms with E-state index in [-0.39, 0.29) is 0 Å². The molecule has 0 aliphatic rings. The minimum atomic E-state index is 1.38. The van der Waals surface area contributed by atoms with Crippen LogP contribution in [0.15, 0.2) is 0 Å². The van der Waals surface area contributed by atoms with Crippen LogP contribution in [0.3, 0.4) is 0 Å². The van der Waals surface area contributed by atoms with Gasteiger partial charge in [-0.05, 0) is 0 Å². The molecule has 0 saturated carbocycles. The van der Waals surface area contributed by atoms with Crippen LogP contribution >= 0.6 is 40.8 Å². The van der Waals surface area contributed by atoms with Crippen molar-refractivity contribution in [3.63, 3.8) is 0 Å². The Morgan fingerprint density at radius 1 is 1.40 bits per heavy atom. The summed E-state index contributed by atoms with van der Waals surface area (Å²) >= 11 is 4.49. The molecule has 0 saturated heterocycles. The van der Waals surface area contributed by atoms with Crippen molar-refractivity contribution in [1.82, 2.24) is 0 Å². The van der Waals surface area contributed by atoms with Gasteiger partial charge in [0.05, 0.1) is 0 Å². The average molecular weight is 343 g/mol. The fraction of sp³-hybridized carbons (Fsp3) is 0. The zero-order chi connectivity index (χ0) is 4.71. The van der Waals surface area contributed by atoms with Crippen LogP contribution in [-0.4, -0.2) is 6.79 Å². The maximum atomic E-state index is 8.00. The van der Waals surface area contributed by atoms with Crippen LogP contribution in [0.25, 0.3) is 0 Å². The summed E-state index contributed by atoms with van der Waals surface area (Å²) in [6, 6.07) is 0. The van der Waals surface area contributed by atoms with E-state index in [4.69, 9.17) is 4.79 Å². The number of carbonyl (C=O) groups excluding carboxylic acids is 1. The van der Waals surface area contributed by atoms with Crippen LogP contribution in [0.2, 0.25) is 0 Å². The molecule has 0 spiro atoms. The van der Waals surface area contributed by atoms with Crippen molar-refractivity contribution in [1.29, 1.82) is 0 Å². The predicted molar refractivity (Wildman–Crippen MR) is 35.2 cm³/mol. The van der Waals surface area contributed by atoms with E-state index in [0.29, 0.717) is 0 Å². The van der Waals surface area contributed by atoms with E-state index in [1.165, 1.54) is 8.26 Å². The first-order valence-corrected chi connectivity index (χ1v) is 7.26. The molecule has 0 fully saturated rings. The van der Waals surface area contributed by atoms with E-state index in [1.807, 2.05) is 6.79 Å². The summed E-state index contributed by atoms with van der Waals surface area (Å²) in [4.78, 5) is 8.00. The van der Waals surface area contributed by atoms with Gasteiger partial charge in [-0.15, -0.1) is 0 Å². The van der Waals surface area contributed by atoms with E-state index in [1.54, 1.807) is 0 Å². The first-order valence-electron chi connectivity index (χ1n) is 0.541. The third-order valence-corrected chi connectivity index (χ3v) is 0. The molecule has 0 aromatic heterocycles. The van der Waals surface area contributed by atoms with E-state index in [9.17, 15) is 0 Å². The molecule has 0 heterocycles.